The van der Waals surface area contributed by atoms with Crippen LogP contribution in [0.4, 0.5) is 0 Å². The van der Waals surface area contributed by atoms with Crippen molar-refractivity contribution < 1.29 is 0 Å². The molecule has 82 valence electrons. The zero-order valence-corrected chi connectivity index (χ0v) is 9.68. The first-order valence-electron chi connectivity index (χ1n) is 5.82. The van der Waals surface area contributed by atoms with Gasteiger partial charge in [-0.15, -0.1) is 0 Å². The first-order chi connectivity index (χ1) is 6.72. The second-order valence-electron chi connectivity index (χ2n) is 4.45. The third-order valence-electron chi connectivity index (χ3n) is 2.82. The van der Waals surface area contributed by atoms with Gasteiger partial charge in [0.05, 0.1) is 0 Å². The molecule has 14 heavy (non-hydrogen) atoms. The minimum absolute atomic E-state index is 0.722. The van der Waals surface area contributed by atoms with Crippen molar-refractivity contribution in [2.45, 2.75) is 39.2 Å². The van der Waals surface area contributed by atoms with Gasteiger partial charge < -0.3 is 10.2 Å². The Morgan fingerprint density at radius 3 is 2.57 bits per heavy atom. The van der Waals surface area contributed by atoms with E-state index in [-0.39, 0.29) is 0 Å². The highest BCUT2D eigenvalue weighted by Crippen LogP contribution is 2.10. The van der Waals surface area contributed by atoms with E-state index in [0.717, 1.165) is 12.6 Å². The topological polar surface area (TPSA) is 15.3 Å². The molecule has 1 saturated heterocycles. The van der Waals surface area contributed by atoms with Crippen molar-refractivity contribution in [3.8, 4) is 0 Å². The second-order valence-corrected chi connectivity index (χ2v) is 4.45. The molecule has 1 rings (SSSR count). The summed E-state index contributed by atoms with van der Waals surface area (Å²) in [6.07, 6.45) is 3.88. The van der Waals surface area contributed by atoms with Gasteiger partial charge in [-0.1, -0.05) is 19.1 Å². The lowest BCUT2D eigenvalue weighted by Crippen LogP contribution is -2.43. The highest BCUT2D eigenvalue weighted by Gasteiger charge is 2.17. The van der Waals surface area contributed by atoms with Crippen LogP contribution in [0.1, 0.15) is 33.1 Å². The normalized spacial score (nSPS) is 19.9. The summed E-state index contributed by atoms with van der Waals surface area (Å²) in [7, 11) is 0. The number of piperidine rings is 1. The highest BCUT2D eigenvalue weighted by molar-refractivity contribution is 4.92. The van der Waals surface area contributed by atoms with Gasteiger partial charge in [-0.3, -0.25) is 0 Å². The van der Waals surface area contributed by atoms with Gasteiger partial charge in [-0.25, -0.2) is 0 Å². The summed E-state index contributed by atoms with van der Waals surface area (Å²) in [5.74, 6) is 0. The molecule has 1 aliphatic heterocycles. The molecule has 0 aromatic heterocycles. The number of nitrogens with one attached hydrogen (secondary N) is 1. The van der Waals surface area contributed by atoms with Crippen LogP contribution in [0.5, 0.6) is 0 Å². The summed E-state index contributed by atoms with van der Waals surface area (Å²) in [6, 6.07) is 0.722. The first-order valence-corrected chi connectivity index (χ1v) is 5.82. The minimum atomic E-state index is 0.722. The van der Waals surface area contributed by atoms with Gasteiger partial charge in [-0.05, 0) is 45.8 Å². The van der Waals surface area contributed by atoms with Gasteiger partial charge in [0.2, 0.25) is 0 Å². The van der Waals surface area contributed by atoms with Crippen molar-refractivity contribution in [3.63, 3.8) is 0 Å². The summed E-state index contributed by atoms with van der Waals surface area (Å²) in [5, 5.41) is 3.56. The van der Waals surface area contributed by atoms with Crippen LogP contribution in [0, 0.1) is 0 Å². The fourth-order valence-electron chi connectivity index (χ4n) is 2.00. The van der Waals surface area contributed by atoms with Crippen molar-refractivity contribution in [3.05, 3.63) is 12.2 Å². The maximum absolute atomic E-state index is 3.91. The zero-order valence-electron chi connectivity index (χ0n) is 9.68. The second kappa shape index (κ2) is 6.20. The van der Waals surface area contributed by atoms with Crippen LogP contribution in [0.25, 0.3) is 0 Å². The predicted octanol–water partition coefficient (Wildman–Crippen LogP) is 2.03. The molecule has 0 bridgehead atoms. The molecule has 2 heteroatoms. The molecular weight excluding hydrogens is 172 g/mol. The summed E-state index contributed by atoms with van der Waals surface area (Å²) in [6.45, 7) is 13.0. The van der Waals surface area contributed by atoms with E-state index >= 15 is 0 Å². The monoisotopic (exact) mass is 196 g/mol. The van der Waals surface area contributed by atoms with Crippen LogP contribution in [-0.2, 0) is 0 Å². The highest BCUT2D eigenvalue weighted by atomic mass is 15.1. The Kier molecular flexibility index (Phi) is 5.20. The molecule has 0 atom stereocenters. The van der Waals surface area contributed by atoms with Crippen LogP contribution in [-0.4, -0.2) is 37.1 Å². The van der Waals surface area contributed by atoms with Crippen LogP contribution in [0.15, 0.2) is 12.2 Å². The lowest BCUT2D eigenvalue weighted by molar-refractivity contribution is 0.200. The van der Waals surface area contributed by atoms with E-state index in [2.05, 4.69) is 30.6 Å². The van der Waals surface area contributed by atoms with Gasteiger partial charge in [-0.2, -0.15) is 0 Å². The molecule has 0 aliphatic carbocycles. The average Bonchev–Trinajstić information content (AvgIpc) is 2.17. The molecule has 1 fully saturated rings. The van der Waals surface area contributed by atoms with Gasteiger partial charge in [0.1, 0.15) is 0 Å². The van der Waals surface area contributed by atoms with E-state index in [1.165, 1.54) is 44.5 Å². The van der Waals surface area contributed by atoms with Crippen LogP contribution < -0.4 is 5.32 Å². The summed E-state index contributed by atoms with van der Waals surface area (Å²) < 4.78 is 0. The van der Waals surface area contributed by atoms with Crippen molar-refractivity contribution in [2.75, 3.05) is 26.2 Å². The Balaban J connectivity index is 2.12. The molecule has 0 aromatic rings. The SMILES string of the molecule is C=C(C)CNC1CCN(CCC)CC1. The number of rotatable bonds is 5. The maximum atomic E-state index is 3.91. The molecular formula is C12H24N2. The molecule has 1 N–H and O–H groups in total. The molecule has 0 aromatic carbocycles. The summed E-state index contributed by atoms with van der Waals surface area (Å²) in [5.41, 5.74) is 1.24. The standard InChI is InChI=1S/C12H24N2/c1-4-7-14-8-5-12(6-9-14)13-10-11(2)3/h12-13H,2,4-10H2,1,3H3. The quantitative estimate of drug-likeness (QED) is 0.677. The molecule has 0 unspecified atom stereocenters. The van der Waals surface area contributed by atoms with Crippen molar-refractivity contribution in [1.82, 2.24) is 10.2 Å². The van der Waals surface area contributed by atoms with Gasteiger partial charge in [0.15, 0.2) is 0 Å². The maximum Gasteiger partial charge on any atom is 0.0161 e. The molecule has 1 heterocycles. The molecule has 0 spiro atoms. The summed E-state index contributed by atoms with van der Waals surface area (Å²) in [4.78, 5) is 2.57. The van der Waals surface area contributed by atoms with Crippen LogP contribution in [0.3, 0.4) is 0 Å². The lowest BCUT2D eigenvalue weighted by atomic mass is 10.0. The van der Waals surface area contributed by atoms with Crippen LogP contribution >= 0.6 is 0 Å². The number of hydrogen-bond donors (Lipinski definition) is 1. The molecule has 0 saturated carbocycles. The average molecular weight is 196 g/mol. The van der Waals surface area contributed by atoms with Crippen molar-refractivity contribution in [2.24, 2.45) is 0 Å². The Morgan fingerprint density at radius 1 is 1.43 bits per heavy atom. The van der Waals surface area contributed by atoms with E-state index in [0.29, 0.717) is 0 Å². The zero-order chi connectivity index (χ0) is 10.4. The molecule has 0 amide bonds. The first kappa shape index (κ1) is 11.7. The number of likely N-dealkylation sites (tertiary alicyclic amines) is 1. The minimum Gasteiger partial charge on any atom is -0.310 e. The fraction of sp³-hybridized carbons (Fsp3) is 0.833. The fourth-order valence-corrected chi connectivity index (χ4v) is 2.00. The Morgan fingerprint density at radius 2 is 2.07 bits per heavy atom. The van der Waals surface area contributed by atoms with Gasteiger partial charge in [0, 0.05) is 12.6 Å². The summed E-state index contributed by atoms with van der Waals surface area (Å²) >= 11 is 0. The van der Waals surface area contributed by atoms with Gasteiger partial charge in [0.25, 0.3) is 0 Å². The molecule has 0 radical (unpaired) electrons. The van der Waals surface area contributed by atoms with E-state index in [9.17, 15) is 0 Å². The molecule has 1 aliphatic rings. The Bertz CT molecular complexity index is 169. The van der Waals surface area contributed by atoms with E-state index in [4.69, 9.17) is 0 Å². The number of nitrogens with zero attached hydrogens (tertiary/aromatic N) is 1. The largest absolute Gasteiger partial charge is 0.310 e. The molecule has 2 nitrogen and oxygen atoms in total. The van der Waals surface area contributed by atoms with E-state index in [1.54, 1.807) is 0 Å². The van der Waals surface area contributed by atoms with E-state index in [1.807, 2.05) is 0 Å². The smallest absolute Gasteiger partial charge is 0.0161 e. The lowest BCUT2D eigenvalue weighted by Gasteiger charge is -2.32. The number of hydrogen-bond acceptors (Lipinski definition) is 2. The Hall–Kier alpha value is -0.340. The third-order valence-corrected chi connectivity index (χ3v) is 2.82. The Labute approximate surface area is 88.4 Å². The van der Waals surface area contributed by atoms with Crippen LogP contribution in [0.2, 0.25) is 0 Å². The predicted molar refractivity (Wildman–Crippen MR) is 62.6 cm³/mol. The van der Waals surface area contributed by atoms with Crippen molar-refractivity contribution >= 4 is 0 Å². The van der Waals surface area contributed by atoms with Crippen molar-refractivity contribution in [1.29, 1.82) is 0 Å². The van der Waals surface area contributed by atoms with E-state index < -0.39 is 0 Å². The van der Waals surface area contributed by atoms with Gasteiger partial charge >= 0.3 is 0 Å². The third kappa shape index (κ3) is 4.25.